The van der Waals surface area contributed by atoms with Crippen molar-refractivity contribution >= 4 is 38.9 Å². The summed E-state index contributed by atoms with van der Waals surface area (Å²) < 4.78 is 2.39. The number of fused-ring (bicyclic) bond motifs is 3. The zero-order valence-electron chi connectivity index (χ0n) is 30.8. The summed E-state index contributed by atoms with van der Waals surface area (Å²) in [4.78, 5) is 2.37. The first-order valence-corrected chi connectivity index (χ1v) is 19.2. The van der Waals surface area contributed by atoms with Crippen LogP contribution in [0.5, 0.6) is 0 Å². The molecule has 1 aromatic heterocycles. The van der Waals surface area contributed by atoms with E-state index in [0.29, 0.717) is 0 Å². The minimum absolute atomic E-state index is 1.09. The Kier molecular flexibility index (Phi) is 8.55. The van der Waals surface area contributed by atoms with Gasteiger partial charge in [-0.15, -0.1) is 0 Å². The molecule has 56 heavy (non-hydrogen) atoms. The molecule has 0 aliphatic rings. The molecule has 0 saturated carbocycles. The van der Waals surface area contributed by atoms with Crippen LogP contribution in [0, 0.1) is 0 Å². The molecule has 0 spiro atoms. The highest BCUT2D eigenvalue weighted by molar-refractivity contribution is 6.16. The van der Waals surface area contributed by atoms with Crippen LogP contribution in [0.15, 0.2) is 231 Å². The van der Waals surface area contributed by atoms with Crippen molar-refractivity contribution in [2.45, 2.75) is 0 Å². The van der Waals surface area contributed by atoms with E-state index >= 15 is 0 Å². The Hall–Kier alpha value is -7.42. The summed E-state index contributed by atoms with van der Waals surface area (Å²) in [7, 11) is 0. The van der Waals surface area contributed by atoms with E-state index in [1.54, 1.807) is 0 Å². The number of nitrogens with zero attached hydrogens (tertiary/aromatic N) is 2. The maximum atomic E-state index is 2.39. The fourth-order valence-corrected chi connectivity index (χ4v) is 8.20. The summed E-state index contributed by atoms with van der Waals surface area (Å²) in [6.07, 6.45) is 0. The molecule has 10 rings (SSSR count). The first kappa shape index (κ1) is 33.2. The topological polar surface area (TPSA) is 8.17 Å². The van der Waals surface area contributed by atoms with Gasteiger partial charge in [0.05, 0.1) is 11.0 Å². The molecule has 10 aromatic rings. The lowest BCUT2D eigenvalue weighted by molar-refractivity contribution is 1.18. The first-order valence-electron chi connectivity index (χ1n) is 19.2. The van der Waals surface area contributed by atoms with Gasteiger partial charge in [0.1, 0.15) is 0 Å². The van der Waals surface area contributed by atoms with Gasteiger partial charge in [0, 0.05) is 33.5 Å². The number of benzene rings is 9. The monoisotopic (exact) mass is 714 g/mol. The van der Waals surface area contributed by atoms with Crippen molar-refractivity contribution in [3.8, 4) is 50.2 Å². The molecule has 0 fully saturated rings. The van der Waals surface area contributed by atoms with E-state index < -0.39 is 0 Å². The molecule has 264 valence electrons. The number of hydrogen-bond donors (Lipinski definition) is 0. The second-order valence-corrected chi connectivity index (χ2v) is 14.1. The van der Waals surface area contributed by atoms with Crippen molar-refractivity contribution in [1.82, 2.24) is 4.57 Å². The summed E-state index contributed by atoms with van der Waals surface area (Å²) in [6, 6.07) is 83.0. The first-order chi connectivity index (χ1) is 27.8. The fourth-order valence-electron chi connectivity index (χ4n) is 8.20. The van der Waals surface area contributed by atoms with E-state index in [9.17, 15) is 0 Å². The standard InChI is InChI=1S/C54H38N2/c1-4-16-39(17-5-1)40-30-34-45(35-31-40)55(46-36-32-42(33-37-46)49-25-11-10-24-48(49)41-18-6-2-7-19-41)47-23-14-20-43(38-47)50-27-15-29-53-54(50)51-26-12-13-28-52(51)56(53)44-21-8-3-9-22-44/h1-38H. The Morgan fingerprint density at radius 2 is 0.750 bits per heavy atom. The van der Waals surface area contributed by atoms with E-state index in [-0.39, 0.29) is 0 Å². The van der Waals surface area contributed by atoms with Gasteiger partial charge in [0.2, 0.25) is 0 Å². The molecule has 0 unspecified atom stereocenters. The highest BCUT2D eigenvalue weighted by Gasteiger charge is 2.19. The van der Waals surface area contributed by atoms with E-state index in [1.165, 1.54) is 66.3 Å². The molecule has 9 aromatic carbocycles. The van der Waals surface area contributed by atoms with Crippen LogP contribution >= 0.6 is 0 Å². The van der Waals surface area contributed by atoms with Crippen LogP contribution in [0.1, 0.15) is 0 Å². The molecule has 0 saturated heterocycles. The van der Waals surface area contributed by atoms with Crippen molar-refractivity contribution in [1.29, 1.82) is 0 Å². The van der Waals surface area contributed by atoms with E-state index in [2.05, 4.69) is 240 Å². The molecular formula is C54H38N2. The minimum Gasteiger partial charge on any atom is -0.310 e. The average Bonchev–Trinajstić information content (AvgIpc) is 3.63. The van der Waals surface area contributed by atoms with Crippen LogP contribution in [-0.4, -0.2) is 4.57 Å². The number of rotatable bonds is 8. The minimum atomic E-state index is 1.09. The van der Waals surface area contributed by atoms with E-state index in [4.69, 9.17) is 0 Å². The number of para-hydroxylation sites is 2. The van der Waals surface area contributed by atoms with Gasteiger partial charge >= 0.3 is 0 Å². The van der Waals surface area contributed by atoms with Gasteiger partial charge in [0.15, 0.2) is 0 Å². The molecule has 2 nitrogen and oxygen atoms in total. The van der Waals surface area contributed by atoms with Crippen LogP contribution in [0.25, 0.3) is 72.0 Å². The third kappa shape index (κ3) is 6.04. The van der Waals surface area contributed by atoms with Crippen molar-refractivity contribution < 1.29 is 0 Å². The predicted molar refractivity (Wildman–Crippen MR) is 237 cm³/mol. The molecule has 0 bridgehead atoms. The molecular weight excluding hydrogens is 677 g/mol. The average molecular weight is 715 g/mol. The van der Waals surface area contributed by atoms with Gasteiger partial charge in [-0.05, 0) is 105 Å². The van der Waals surface area contributed by atoms with Gasteiger partial charge in [-0.25, -0.2) is 0 Å². The third-order valence-electron chi connectivity index (χ3n) is 10.8. The zero-order valence-corrected chi connectivity index (χ0v) is 30.8. The third-order valence-corrected chi connectivity index (χ3v) is 10.8. The van der Waals surface area contributed by atoms with Gasteiger partial charge in [-0.1, -0.05) is 170 Å². The maximum Gasteiger partial charge on any atom is 0.0547 e. The Morgan fingerprint density at radius 1 is 0.286 bits per heavy atom. The summed E-state index contributed by atoms with van der Waals surface area (Å²) in [5.41, 5.74) is 16.5. The number of anilines is 3. The number of aromatic nitrogens is 1. The molecule has 1 heterocycles. The quantitative estimate of drug-likeness (QED) is 0.152. The van der Waals surface area contributed by atoms with Crippen molar-refractivity contribution in [2.75, 3.05) is 4.90 Å². The van der Waals surface area contributed by atoms with Crippen LogP contribution in [-0.2, 0) is 0 Å². The highest BCUT2D eigenvalue weighted by Crippen LogP contribution is 2.42. The predicted octanol–water partition coefficient (Wildman–Crippen LogP) is 14.9. The summed E-state index contributed by atoms with van der Waals surface area (Å²) in [5.74, 6) is 0. The fraction of sp³-hybridized carbons (Fsp3) is 0. The number of hydrogen-bond acceptors (Lipinski definition) is 1. The second kappa shape index (κ2) is 14.4. The van der Waals surface area contributed by atoms with Crippen molar-refractivity contribution in [3.05, 3.63) is 231 Å². The summed E-state index contributed by atoms with van der Waals surface area (Å²) in [6.45, 7) is 0. The molecule has 0 amide bonds. The molecule has 0 aliphatic heterocycles. The summed E-state index contributed by atoms with van der Waals surface area (Å²) >= 11 is 0. The van der Waals surface area contributed by atoms with Gasteiger partial charge in [0.25, 0.3) is 0 Å². The molecule has 0 atom stereocenters. The Bertz CT molecular complexity index is 2930. The van der Waals surface area contributed by atoms with Crippen LogP contribution < -0.4 is 4.90 Å². The second-order valence-electron chi connectivity index (χ2n) is 14.1. The summed E-state index contributed by atoms with van der Waals surface area (Å²) in [5, 5.41) is 2.50. The lowest BCUT2D eigenvalue weighted by Crippen LogP contribution is -2.10. The van der Waals surface area contributed by atoms with E-state index in [0.717, 1.165) is 22.7 Å². The molecule has 0 radical (unpaired) electrons. The van der Waals surface area contributed by atoms with Gasteiger partial charge in [-0.2, -0.15) is 0 Å². The Labute approximate surface area is 327 Å². The normalized spacial score (nSPS) is 11.2. The van der Waals surface area contributed by atoms with Crippen LogP contribution in [0.4, 0.5) is 17.1 Å². The largest absolute Gasteiger partial charge is 0.310 e. The van der Waals surface area contributed by atoms with Gasteiger partial charge in [-0.3, -0.25) is 0 Å². The zero-order chi connectivity index (χ0) is 37.3. The van der Waals surface area contributed by atoms with Crippen molar-refractivity contribution in [2.24, 2.45) is 0 Å². The van der Waals surface area contributed by atoms with Crippen LogP contribution in [0.3, 0.4) is 0 Å². The smallest absolute Gasteiger partial charge is 0.0547 e. The van der Waals surface area contributed by atoms with Gasteiger partial charge < -0.3 is 9.47 Å². The van der Waals surface area contributed by atoms with E-state index in [1.807, 2.05) is 0 Å². The SMILES string of the molecule is c1ccc(-c2ccc(N(c3ccc(-c4ccccc4-c4ccccc4)cc3)c3cccc(-c4cccc5c4c4ccccc4n5-c4ccccc4)c3)cc2)cc1. The maximum absolute atomic E-state index is 2.39. The highest BCUT2D eigenvalue weighted by atomic mass is 15.1. The molecule has 0 N–H and O–H groups in total. The molecule has 2 heteroatoms. The Morgan fingerprint density at radius 3 is 1.43 bits per heavy atom. The lowest BCUT2D eigenvalue weighted by Gasteiger charge is -2.26. The lowest BCUT2D eigenvalue weighted by atomic mass is 9.94. The van der Waals surface area contributed by atoms with Crippen LogP contribution in [0.2, 0.25) is 0 Å². The van der Waals surface area contributed by atoms with Crippen molar-refractivity contribution in [3.63, 3.8) is 0 Å². The Balaban J connectivity index is 1.11. The molecule has 0 aliphatic carbocycles.